The molecule has 0 fully saturated rings. The van der Waals surface area contributed by atoms with E-state index < -0.39 is 0 Å². The van der Waals surface area contributed by atoms with E-state index in [1.807, 2.05) is 25.1 Å². The maximum absolute atomic E-state index is 11.5. The van der Waals surface area contributed by atoms with Gasteiger partial charge in [-0.15, -0.1) is 0 Å². The number of halogens is 1. The second-order valence-electron chi connectivity index (χ2n) is 3.47. The van der Waals surface area contributed by atoms with Crippen LogP contribution in [0.15, 0.2) is 18.2 Å². The van der Waals surface area contributed by atoms with E-state index in [1.54, 1.807) is 6.07 Å². The lowest BCUT2D eigenvalue weighted by molar-refractivity contribution is -0.113. The van der Waals surface area contributed by atoms with Gasteiger partial charge in [-0.2, -0.15) is 17.0 Å². The average Bonchev–Trinajstić information content (AvgIpc) is 2.30. The van der Waals surface area contributed by atoms with E-state index in [0.29, 0.717) is 28.6 Å². The second-order valence-corrected chi connectivity index (χ2v) is 4.99. The van der Waals surface area contributed by atoms with Crippen LogP contribution in [0.1, 0.15) is 12.0 Å². The van der Waals surface area contributed by atoms with Crippen LogP contribution in [0.25, 0.3) is 0 Å². The largest absolute Gasteiger partial charge is 0.325 e. The topological polar surface area (TPSA) is 52.9 Å². The van der Waals surface area contributed by atoms with Crippen LogP contribution in [0.2, 0.25) is 5.02 Å². The molecule has 0 heterocycles. The van der Waals surface area contributed by atoms with Gasteiger partial charge in [-0.3, -0.25) is 4.79 Å². The summed E-state index contributed by atoms with van der Waals surface area (Å²) >= 11 is 7.40. The predicted octanol–water partition coefficient (Wildman–Crippen LogP) is 3.23. The quantitative estimate of drug-likeness (QED) is 0.834. The summed E-state index contributed by atoms with van der Waals surface area (Å²) < 4.78 is 0. The molecule has 0 aliphatic rings. The average molecular weight is 269 g/mol. The Morgan fingerprint density at radius 1 is 1.59 bits per heavy atom. The van der Waals surface area contributed by atoms with Crippen LogP contribution in [0.5, 0.6) is 0 Å². The minimum atomic E-state index is -0.0761. The number of nitrogens with one attached hydrogen (secondary N) is 1. The van der Waals surface area contributed by atoms with Gasteiger partial charge in [-0.25, -0.2) is 0 Å². The molecule has 0 aliphatic carbocycles. The van der Waals surface area contributed by atoms with E-state index in [1.165, 1.54) is 11.8 Å². The van der Waals surface area contributed by atoms with Crippen molar-refractivity contribution in [1.29, 1.82) is 5.26 Å². The van der Waals surface area contributed by atoms with Crippen molar-refractivity contribution in [2.75, 3.05) is 16.8 Å². The minimum Gasteiger partial charge on any atom is -0.325 e. The summed E-state index contributed by atoms with van der Waals surface area (Å²) in [5, 5.41) is 11.7. The van der Waals surface area contributed by atoms with Crippen LogP contribution in [-0.2, 0) is 4.79 Å². The Kier molecular flexibility index (Phi) is 5.88. The maximum Gasteiger partial charge on any atom is 0.234 e. The monoisotopic (exact) mass is 268 g/mol. The molecule has 0 unspecified atom stereocenters. The fourth-order valence-electron chi connectivity index (χ4n) is 1.15. The molecule has 17 heavy (non-hydrogen) atoms. The Labute approximate surface area is 110 Å². The zero-order chi connectivity index (χ0) is 12.7. The number of carbonyl (C=O) groups is 1. The molecular weight excluding hydrogens is 256 g/mol. The number of rotatable bonds is 5. The van der Waals surface area contributed by atoms with Crippen molar-refractivity contribution in [2.45, 2.75) is 13.3 Å². The minimum absolute atomic E-state index is 0.0761. The number of nitrogens with zero attached hydrogens (tertiary/aromatic N) is 1. The number of carbonyl (C=O) groups excluding carboxylic acids is 1. The van der Waals surface area contributed by atoms with Crippen LogP contribution in [0.4, 0.5) is 5.69 Å². The summed E-state index contributed by atoms with van der Waals surface area (Å²) in [6.07, 6.45) is 0.467. The number of aryl methyl sites for hydroxylation is 1. The number of hydrogen-bond donors (Lipinski definition) is 1. The number of benzene rings is 1. The van der Waals surface area contributed by atoms with Crippen LogP contribution < -0.4 is 5.32 Å². The SMILES string of the molecule is Cc1ccc(NC(=O)CSCCC#N)cc1Cl. The summed E-state index contributed by atoms with van der Waals surface area (Å²) in [7, 11) is 0. The normalized spacial score (nSPS) is 9.71. The Bertz CT molecular complexity index is 443. The van der Waals surface area contributed by atoms with E-state index in [2.05, 4.69) is 5.32 Å². The first-order valence-corrected chi connectivity index (χ1v) is 6.67. The lowest BCUT2D eigenvalue weighted by Crippen LogP contribution is -2.14. The van der Waals surface area contributed by atoms with Crippen molar-refractivity contribution in [1.82, 2.24) is 0 Å². The number of anilines is 1. The summed E-state index contributed by atoms with van der Waals surface area (Å²) in [6, 6.07) is 7.45. The first-order chi connectivity index (χ1) is 8.13. The predicted molar refractivity (Wildman–Crippen MR) is 72.4 cm³/mol. The second kappa shape index (κ2) is 7.21. The van der Waals surface area contributed by atoms with Crippen LogP contribution in [0, 0.1) is 18.3 Å². The van der Waals surface area contributed by atoms with Gasteiger partial charge in [0.15, 0.2) is 0 Å². The molecule has 1 aromatic carbocycles. The van der Waals surface area contributed by atoms with Crippen molar-refractivity contribution in [2.24, 2.45) is 0 Å². The van der Waals surface area contributed by atoms with Gasteiger partial charge in [0.05, 0.1) is 11.8 Å². The summed E-state index contributed by atoms with van der Waals surface area (Å²) in [5.41, 5.74) is 1.68. The zero-order valence-electron chi connectivity index (χ0n) is 9.50. The van der Waals surface area contributed by atoms with Gasteiger partial charge in [0.25, 0.3) is 0 Å². The third-order valence-electron chi connectivity index (χ3n) is 2.05. The first kappa shape index (κ1) is 13.9. The highest BCUT2D eigenvalue weighted by molar-refractivity contribution is 7.99. The molecule has 0 radical (unpaired) electrons. The fraction of sp³-hybridized carbons (Fsp3) is 0.333. The van der Waals surface area contributed by atoms with Gasteiger partial charge in [0, 0.05) is 22.9 Å². The molecule has 1 rings (SSSR count). The van der Waals surface area contributed by atoms with E-state index in [0.717, 1.165) is 5.56 Å². The molecule has 0 saturated heterocycles. The van der Waals surface area contributed by atoms with Gasteiger partial charge in [-0.05, 0) is 24.6 Å². The summed E-state index contributed by atoms with van der Waals surface area (Å²) in [4.78, 5) is 11.5. The maximum atomic E-state index is 11.5. The third-order valence-corrected chi connectivity index (χ3v) is 3.41. The van der Waals surface area contributed by atoms with Crippen molar-refractivity contribution < 1.29 is 4.79 Å². The number of hydrogen-bond acceptors (Lipinski definition) is 3. The van der Waals surface area contributed by atoms with Crippen LogP contribution >= 0.6 is 23.4 Å². The molecule has 1 amide bonds. The van der Waals surface area contributed by atoms with Gasteiger partial charge < -0.3 is 5.32 Å². The Morgan fingerprint density at radius 2 is 2.35 bits per heavy atom. The number of amides is 1. The third kappa shape index (κ3) is 5.12. The smallest absolute Gasteiger partial charge is 0.234 e. The molecule has 3 nitrogen and oxygen atoms in total. The summed E-state index contributed by atoms with van der Waals surface area (Å²) in [6.45, 7) is 1.91. The lowest BCUT2D eigenvalue weighted by atomic mass is 10.2. The molecule has 0 aliphatic heterocycles. The van der Waals surface area contributed by atoms with Gasteiger partial charge in [0.1, 0.15) is 0 Å². The molecule has 0 bridgehead atoms. The van der Waals surface area contributed by atoms with Gasteiger partial charge in [0.2, 0.25) is 5.91 Å². The molecule has 1 N–H and O–H groups in total. The van der Waals surface area contributed by atoms with E-state index >= 15 is 0 Å². The van der Waals surface area contributed by atoms with Crippen LogP contribution in [-0.4, -0.2) is 17.4 Å². The molecule has 0 spiro atoms. The molecule has 90 valence electrons. The number of nitriles is 1. The van der Waals surface area contributed by atoms with Crippen molar-refractivity contribution in [3.63, 3.8) is 0 Å². The van der Waals surface area contributed by atoms with Crippen molar-refractivity contribution in [3.05, 3.63) is 28.8 Å². The van der Waals surface area contributed by atoms with Crippen molar-refractivity contribution >= 4 is 35.0 Å². The molecule has 5 heteroatoms. The Morgan fingerprint density at radius 3 is 3.00 bits per heavy atom. The molecule has 0 aromatic heterocycles. The highest BCUT2D eigenvalue weighted by atomic mass is 35.5. The number of thioether (sulfide) groups is 1. The van der Waals surface area contributed by atoms with Gasteiger partial charge in [-0.1, -0.05) is 17.7 Å². The molecule has 1 aromatic rings. The lowest BCUT2D eigenvalue weighted by Gasteiger charge is -2.06. The zero-order valence-corrected chi connectivity index (χ0v) is 11.1. The van der Waals surface area contributed by atoms with E-state index in [9.17, 15) is 4.79 Å². The van der Waals surface area contributed by atoms with Crippen molar-refractivity contribution in [3.8, 4) is 6.07 Å². The molecule has 0 saturated carbocycles. The Balaban J connectivity index is 2.40. The van der Waals surface area contributed by atoms with Gasteiger partial charge >= 0.3 is 0 Å². The molecular formula is C12H13ClN2OS. The van der Waals surface area contributed by atoms with Crippen LogP contribution in [0.3, 0.4) is 0 Å². The highest BCUT2D eigenvalue weighted by Crippen LogP contribution is 2.20. The first-order valence-electron chi connectivity index (χ1n) is 5.14. The summed E-state index contributed by atoms with van der Waals surface area (Å²) in [5.74, 6) is 0.957. The Hall–Kier alpha value is -1.18. The van der Waals surface area contributed by atoms with E-state index in [4.69, 9.17) is 16.9 Å². The van der Waals surface area contributed by atoms with E-state index in [-0.39, 0.29) is 5.91 Å². The molecule has 0 atom stereocenters. The fourth-order valence-corrected chi connectivity index (χ4v) is 1.97. The standard InChI is InChI=1S/C12H13ClN2OS/c1-9-3-4-10(7-11(9)13)15-12(16)8-17-6-2-5-14/h3-4,7H,2,6,8H2,1H3,(H,15,16). The highest BCUT2D eigenvalue weighted by Gasteiger charge is 2.03.